The molecule has 4 rings (SSSR count). The first kappa shape index (κ1) is 97.8. The first-order valence-corrected chi connectivity index (χ1v) is 42.0. The van der Waals surface area contributed by atoms with Crippen LogP contribution in [-0.4, -0.2) is 235 Å². The van der Waals surface area contributed by atoms with E-state index in [9.17, 15) is 92.7 Å². The number of phenolic OH excluding ortho intramolecular Hbond substituents is 1. The molecule has 1 aliphatic heterocycles. The topological polar surface area (TPSA) is 531 Å². The summed E-state index contributed by atoms with van der Waals surface area (Å²) in [6, 6.07) is 3.18. The third-order valence-electron chi connectivity index (χ3n) is 18.9. The molecule has 12 atom stereocenters. The number of likely N-dealkylation sites (N-methyl/N-ethyl adjacent to an activating group) is 1. The van der Waals surface area contributed by atoms with Gasteiger partial charge in [0.2, 0.25) is 35.4 Å². The molecule has 0 saturated carbocycles. The van der Waals surface area contributed by atoms with Gasteiger partial charge in [-0.05, 0) is 126 Å². The largest absolute Gasteiger partial charge is 0.508 e. The number of rotatable bonds is 52. The number of urea groups is 2. The molecule has 115 heavy (non-hydrogen) atoms. The summed E-state index contributed by atoms with van der Waals surface area (Å²) in [6.07, 6.45) is 1.65. The molecule has 1 unspecified atom stereocenters. The Balaban J connectivity index is 1.22. The van der Waals surface area contributed by atoms with Gasteiger partial charge in [0.1, 0.15) is 60.1 Å². The van der Waals surface area contributed by atoms with Gasteiger partial charge in [-0.25, -0.2) is 29.6 Å². The number of aromatic hydroxyl groups is 1. The first-order chi connectivity index (χ1) is 54.6. The number of hydrazine groups is 1. The Kier molecular flexibility index (Phi) is 44.3. The highest BCUT2D eigenvalue weighted by Gasteiger charge is 2.39. The van der Waals surface area contributed by atoms with Crippen LogP contribution < -0.4 is 58.7 Å². The maximum absolute atomic E-state index is 14.8. The molecule has 1 fully saturated rings. The molecule has 36 nitrogen and oxygen atoms in total. The lowest BCUT2D eigenvalue weighted by Gasteiger charge is -2.39. The lowest BCUT2D eigenvalue weighted by Crippen LogP contribution is -2.59. The van der Waals surface area contributed by atoms with E-state index in [0.717, 1.165) is 43.6 Å². The Bertz CT molecular complexity index is 3660. The number of thiazole rings is 1. The van der Waals surface area contributed by atoms with Gasteiger partial charge in [-0.3, -0.25) is 58.3 Å². The van der Waals surface area contributed by atoms with Gasteiger partial charge in [-0.15, -0.1) is 11.3 Å². The molecule has 1 aromatic heterocycles. The summed E-state index contributed by atoms with van der Waals surface area (Å²) in [5.41, 5.74) is 6.34. The summed E-state index contributed by atoms with van der Waals surface area (Å²) in [5, 5.41) is 84.4. The van der Waals surface area contributed by atoms with Crippen LogP contribution in [0.25, 0.3) is 0 Å². The number of benzene rings is 2. The van der Waals surface area contributed by atoms with Crippen molar-refractivity contribution in [3.63, 3.8) is 0 Å². The van der Waals surface area contributed by atoms with E-state index in [2.05, 4.69) is 63.7 Å². The average Bonchev–Trinajstić information content (AvgIpc) is 1.54. The van der Waals surface area contributed by atoms with Crippen molar-refractivity contribution in [2.75, 3.05) is 51.6 Å². The van der Waals surface area contributed by atoms with Crippen molar-refractivity contribution in [1.29, 1.82) is 0 Å². The summed E-state index contributed by atoms with van der Waals surface area (Å²) in [6.45, 7) is 16.0. The normalized spacial score (nSPS) is 15.6. The number of nitrogens with one attached hydrogen (secondary N) is 11. The van der Waals surface area contributed by atoms with E-state index in [1.54, 1.807) is 62.1 Å². The molecule has 3 aromatic rings. The van der Waals surface area contributed by atoms with Gasteiger partial charge >= 0.3 is 42.0 Å². The Morgan fingerprint density at radius 1 is 0.670 bits per heavy atom. The number of carboxylic acid groups (broad SMARTS) is 4. The van der Waals surface area contributed by atoms with Gasteiger partial charge in [-0.2, -0.15) is 0 Å². The molecule has 39 heteroatoms. The molecule has 0 bridgehead atoms. The highest BCUT2D eigenvalue weighted by Crippen LogP contribution is 2.30. The fourth-order valence-electron chi connectivity index (χ4n) is 12.1. The molecule has 2 heterocycles. The number of aliphatic hydroxyl groups is 1. The predicted molar refractivity (Wildman–Crippen MR) is 429 cm³/mol. The number of piperidine rings is 1. The number of hydrogen-bond acceptors (Lipinski definition) is 23. The van der Waals surface area contributed by atoms with Crippen LogP contribution in [0.4, 0.5) is 14.4 Å². The van der Waals surface area contributed by atoms with Crippen LogP contribution >= 0.6 is 32.9 Å². The highest BCUT2D eigenvalue weighted by atomic mass is 33.1. The van der Waals surface area contributed by atoms with Crippen molar-refractivity contribution >= 4 is 116 Å². The third kappa shape index (κ3) is 37.7. The minimum Gasteiger partial charge on any atom is -0.508 e. The summed E-state index contributed by atoms with van der Waals surface area (Å²) in [7, 11) is 4.40. The minimum atomic E-state index is -1.73. The quantitative estimate of drug-likeness (QED) is 0.0152. The number of phenols is 1. The van der Waals surface area contributed by atoms with E-state index in [1.807, 2.05) is 46.6 Å². The van der Waals surface area contributed by atoms with Gasteiger partial charge in [0, 0.05) is 79.5 Å². The number of aromatic nitrogens is 1. The van der Waals surface area contributed by atoms with Crippen molar-refractivity contribution in [2.45, 2.75) is 232 Å². The number of carboxylic acids is 4. The number of unbranched alkanes of at least 4 members (excludes halogenated alkanes) is 2. The summed E-state index contributed by atoms with van der Waals surface area (Å²) in [4.78, 5) is 188. The van der Waals surface area contributed by atoms with Gasteiger partial charge < -0.3 is 92.9 Å². The van der Waals surface area contributed by atoms with Crippen LogP contribution in [0.3, 0.4) is 0 Å². The number of nitrogens with zero attached hydrogens (tertiary/aromatic N) is 3. The van der Waals surface area contributed by atoms with Crippen molar-refractivity contribution < 1.29 is 107 Å². The number of likely N-dealkylation sites (tertiary alicyclic amines) is 1. The SMILES string of the molecule is CCCCOCN(C(=O)[C@@H](NC(=O)[C@H]1CCCCN1C)C(C)CC)[C@H](C[C@@H](O)c1nc(C(=O)N[C@@H](Cc2ccc(O)cc2)C[C@H](C)C(=O)NNC(=O)OCCSSC[C@@H](C)NC(=O)[C@H](CC(=O)O)NC(=O)[C@H](CC(=O)O)NC(=O)Cc2ccc(CNC(=O)NCCCC[C@@H](C)NC(=O)N[C@@H](CCC(=O)O)C(=O)O)cc2)cs1)C(C)C. The van der Waals surface area contributed by atoms with E-state index >= 15 is 0 Å². The summed E-state index contributed by atoms with van der Waals surface area (Å²) < 4.78 is 11.3. The fourth-order valence-corrected chi connectivity index (χ4v) is 15.0. The number of aliphatic carboxylic acids is 4. The minimum absolute atomic E-state index is 0.00649. The molecule has 0 radical (unpaired) electrons. The van der Waals surface area contributed by atoms with E-state index in [-0.39, 0.29) is 116 Å². The number of ether oxygens (including phenoxy) is 2. The van der Waals surface area contributed by atoms with Gasteiger partial charge in [0.15, 0.2) is 0 Å². The van der Waals surface area contributed by atoms with Crippen LogP contribution in [0, 0.1) is 17.8 Å². The molecule has 12 amide bonds. The Labute approximate surface area is 681 Å². The zero-order valence-electron chi connectivity index (χ0n) is 66.7. The number of amides is 12. The second-order valence-corrected chi connectivity index (χ2v) is 32.5. The Hall–Kier alpha value is -9.57. The van der Waals surface area contributed by atoms with Crippen LogP contribution in [0.2, 0.25) is 0 Å². The van der Waals surface area contributed by atoms with E-state index in [4.69, 9.17) is 14.6 Å². The monoisotopic (exact) mass is 1670 g/mol. The number of carbonyl (C=O) groups is 14. The highest BCUT2D eigenvalue weighted by molar-refractivity contribution is 8.76. The molecular weight excluding hydrogens is 1560 g/mol. The standard InChI is InChI=1S/C76H116N14O22S3/c1-10-12-31-111-43-90(72(105)65(45(5)11-2)86-70(104)58-18-14-16-30-89(58)9)59(44(3)4)39-60(92)71-84-57(42-113-71)69(103)81-52(35-49-23-25-53(91)26-24-49)34-46(6)66(100)87-88-76(110)112-32-33-114-115-41-48(8)79-67(101)56(38-64(98)99)83-68(102)55(37-63(96)97)82-61(93)36-50-19-21-51(22-20-50)40-78-74(108)77-29-15-13-17-47(7)80-75(109)85-54(73(106)107)27-28-62(94)95/h19-26,42,44-48,52,54-56,58-60,65,91-92H,10-18,27-41,43H2,1-9H3,(H,79,101)(H,81,103)(H,82,93)(H,83,102)(H,86,104)(H,87,100)(H,88,110)(H,94,95)(H,96,97)(H,98,99)(H,106,107)(H2,77,78,108)(H2,80,85,109)/t45?,46-,47+,48+,52+,54-,55-,56-,58+,59+,60+,65-/m0/s1. The Morgan fingerprint density at radius 2 is 1.33 bits per heavy atom. The van der Waals surface area contributed by atoms with Crippen molar-refractivity contribution in [3.05, 3.63) is 81.3 Å². The van der Waals surface area contributed by atoms with Crippen molar-refractivity contribution in [1.82, 2.24) is 73.5 Å². The van der Waals surface area contributed by atoms with Gasteiger partial charge in [0.25, 0.3) is 5.91 Å². The van der Waals surface area contributed by atoms with Crippen molar-refractivity contribution in [3.8, 4) is 5.75 Å². The molecule has 1 saturated heterocycles. The smallest absolute Gasteiger partial charge is 0.426 e. The van der Waals surface area contributed by atoms with Gasteiger partial charge in [-0.1, -0.05) is 119 Å². The second-order valence-electron chi connectivity index (χ2n) is 29.0. The van der Waals surface area contributed by atoms with Crippen LogP contribution in [0.1, 0.15) is 190 Å². The Morgan fingerprint density at radius 3 is 1.97 bits per heavy atom. The average molecular weight is 1670 g/mol. The van der Waals surface area contributed by atoms with Crippen molar-refractivity contribution in [2.24, 2.45) is 17.8 Å². The third-order valence-corrected chi connectivity index (χ3v) is 22.3. The zero-order chi connectivity index (χ0) is 85.3. The zero-order valence-corrected chi connectivity index (χ0v) is 69.1. The first-order valence-electron chi connectivity index (χ1n) is 38.6. The molecule has 640 valence electrons. The van der Waals surface area contributed by atoms with Crippen LogP contribution in [0.15, 0.2) is 53.9 Å². The van der Waals surface area contributed by atoms with Crippen LogP contribution in [0.5, 0.6) is 5.75 Å². The molecule has 2 aromatic carbocycles. The lowest BCUT2D eigenvalue weighted by molar-refractivity contribution is -0.149. The van der Waals surface area contributed by atoms with E-state index in [1.165, 1.54) is 39.1 Å². The number of hydrogen-bond donors (Lipinski definition) is 17. The molecule has 0 aliphatic carbocycles. The summed E-state index contributed by atoms with van der Waals surface area (Å²) >= 11 is 1.06. The molecular formula is C76H116N14O22S3. The summed E-state index contributed by atoms with van der Waals surface area (Å²) in [5.74, 6) is -10.9. The molecule has 1 aliphatic rings. The maximum atomic E-state index is 14.8. The fraction of sp³-hybridized carbons (Fsp3) is 0.618. The molecule has 0 spiro atoms. The number of carbonyl (C=O) groups excluding carboxylic acids is 10. The second kappa shape index (κ2) is 52.1. The van der Waals surface area contributed by atoms with Crippen LogP contribution in [-0.2, 0) is 76.8 Å². The maximum Gasteiger partial charge on any atom is 0.426 e. The number of aliphatic hydroxyl groups excluding tert-OH is 1. The lowest BCUT2D eigenvalue weighted by atomic mass is 9.92. The van der Waals surface area contributed by atoms with E-state index in [0.29, 0.717) is 61.9 Å². The predicted octanol–water partition coefficient (Wildman–Crippen LogP) is 5.06. The van der Waals surface area contributed by atoms with Gasteiger partial charge in [0.05, 0.1) is 25.3 Å². The molecule has 17 N–H and O–H groups in total. The van der Waals surface area contributed by atoms with E-state index < -0.39 is 145 Å².